The van der Waals surface area contributed by atoms with Crippen LogP contribution < -0.4 is 5.73 Å². The summed E-state index contributed by atoms with van der Waals surface area (Å²) in [4.78, 5) is 8.20. The molecule has 0 radical (unpaired) electrons. The van der Waals surface area contributed by atoms with Crippen molar-refractivity contribution in [1.82, 2.24) is 14.8 Å². The molecule has 0 saturated carbocycles. The van der Waals surface area contributed by atoms with Gasteiger partial charge in [0.15, 0.2) is 0 Å². The first-order valence-corrected chi connectivity index (χ1v) is 10.0. The Morgan fingerprint density at radius 3 is 2.87 bits per heavy atom. The Balaban J connectivity index is 1.64. The number of nitrogens with two attached hydrogens (primary N) is 1. The molecule has 162 valence electrons. The van der Waals surface area contributed by atoms with Crippen LogP contribution >= 0.6 is 0 Å². The van der Waals surface area contributed by atoms with Crippen LogP contribution in [0.15, 0.2) is 53.9 Å². The van der Waals surface area contributed by atoms with Crippen molar-refractivity contribution < 1.29 is 17.9 Å². The predicted octanol–water partition coefficient (Wildman–Crippen LogP) is 4.14. The number of rotatable bonds is 6. The van der Waals surface area contributed by atoms with E-state index in [1.807, 2.05) is 22.9 Å². The number of aliphatic imine (C=N–C) groups is 1. The molecule has 0 amide bonds. The van der Waals surface area contributed by atoms with E-state index < -0.39 is 11.9 Å². The van der Waals surface area contributed by atoms with Crippen molar-refractivity contribution in [3.63, 3.8) is 0 Å². The van der Waals surface area contributed by atoms with Crippen LogP contribution in [0, 0.1) is 0 Å². The highest BCUT2D eigenvalue weighted by Crippen LogP contribution is 2.37. The molecule has 6 nitrogen and oxygen atoms in total. The first kappa shape index (κ1) is 21.0. The summed E-state index contributed by atoms with van der Waals surface area (Å²) in [5.41, 5.74) is 8.78. The number of hydrogen-bond acceptors (Lipinski definition) is 5. The summed E-state index contributed by atoms with van der Waals surface area (Å²) < 4.78 is 46.5. The minimum atomic E-state index is -4.50. The number of pyridine rings is 1. The number of allylic oxidation sites excluding steroid dienone is 4. The highest BCUT2D eigenvalue weighted by Gasteiger charge is 2.33. The van der Waals surface area contributed by atoms with Crippen molar-refractivity contribution in [3.8, 4) is 11.4 Å². The quantitative estimate of drug-likeness (QED) is 0.553. The molecule has 1 aliphatic carbocycles. The van der Waals surface area contributed by atoms with Crippen molar-refractivity contribution in [2.45, 2.75) is 32.0 Å². The van der Waals surface area contributed by atoms with Gasteiger partial charge in [-0.3, -0.25) is 9.67 Å². The maximum atomic E-state index is 13.2. The highest BCUT2D eigenvalue weighted by atomic mass is 19.4. The zero-order valence-electron chi connectivity index (χ0n) is 16.8. The molecule has 0 spiro atoms. The number of aromatic nitrogens is 3. The molecule has 2 N–H and O–H groups in total. The van der Waals surface area contributed by atoms with Gasteiger partial charge in [-0.2, -0.15) is 18.3 Å². The molecule has 0 bridgehead atoms. The van der Waals surface area contributed by atoms with E-state index in [-0.39, 0.29) is 5.69 Å². The second-order valence-corrected chi connectivity index (χ2v) is 7.16. The van der Waals surface area contributed by atoms with Crippen LogP contribution in [-0.4, -0.2) is 33.6 Å². The molecule has 2 aliphatic rings. The maximum absolute atomic E-state index is 13.2. The fourth-order valence-corrected chi connectivity index (χ4v) is 3.66. The van der Waals surface area contributed by atoms with Gasteiger partial charge in [0.05, 0.1) is 18.5 Å². The van der Waals surface area contributed by atoms with Gasteiger partial charge in [0.25, 0.3) is 0 Å². The van der Waals surface area contributed by atoms with Crippen LogP contribution in [0.5, 0.6) is 0 Å². The summed E-state index contributed by atoms with van der Waals surface area (Å²) in [5.74, 6) is 0. The molecule has 0 unspecified atom stereocenters. The van der Waals surface area contributed by atoms with Crippen LogP contribution in [0.25, 0.3) is 17.0 Å². The van der Waals surface area contributed by atoms with E-state index >= 15 is 0 Å². The van der Waals surface area contributed by atoms with Crippen LogP contribution in [0.2, 0.25) is 0 Å². The summed E-state index contributed by atoms with van der Waals surface area (Å²) in [6.45, 7) is 1.62. The van der Waals surface area contributed by atoms with E-state index in [0.717, 1.165) is 48.0 Å². The van der Waals surface area contributed by atoms with Gasteiger partial charge in [0.2, 0.25) is 0 Å². The van der Waals surface area contributed by atoms with Crippen molar-refractivity contribution >= 4 is 11.3 Å². The number of ether oxygens (including phenoxy) is 1. The molecule has 2 aromatic heterocycles. The predicted molar refractivity (Wildman–Crippen MR) is 112 cm³/mol. The molecule has 9 heteroatoms. The zero-order valence-corrected chi connectivity index (χ0v) is 16.8. The molecule has 0 aromatic carbocycles. The third kappa shape index (κ3) is 4.61. The van der Waals surface area contributed by atoms with Crippen LogP contribution in [0.3, 0.4) is 0 Å². The van der Waals surface area contributed by atoms with Crippen LogP contribution in [-0.2, 0) is 23.9 Å². The van der Waals surface area contributed by atoms with Crippen molar-refractivity contribution in [1.29, 1.82) is 0 Å². The zero-order chi connectivity index (χ0) is 21.8. The molecular weight excluding hydrogens is 407 g/mol. The second-order valence-electron chi connectivity index (χ2n) is 7.16. The molecular formula is C22H22F3N5O. The summed E-state index contributed by atoms with van der Waals surface area (Å²) in [6, 6.07) is 3.91. The topological polar surface area (TPSA) is 78.3 Å². The Morgan fingerprint density at radius 1 is 1.26 bits per heavy atom. The van der Waals surface area contributed by atoms with Gasteiger partial charge in [-0.25, -0.2) is 4.98 Å². The Morgan fingerprint density at radius 2 is 2.13 bits per heavy atom. The van der Waals surface area contributed by atoms with E-state index in [0.29, 0.717) is 25.3 Å². The van der Waals surface area contributed by atoms with Crippen molar-refractivity contribution in [2.75, 3.05) is 13.2 Å². The van der Waals surface area contributed by atoms with Gasteiger partial charge in [-0.05, 0) is 36.6 Å². The summed E-state index contributed by atoms with van der Waals surface area (Å²) in [5, 5.41) is 4.60. The van der Waals surface area contributed by atoms with E-state index in [2.05, 4.69) is 15.1 Å². The number of halogens is 3. The lowest BCUT2D eigenvalue weighted by atomic mass is 9.94. The van der Waals surface area contributed by atoms with Gasteiger partial charge >= 0.3 is 6.18 Å². The van der Waals surface area contributed by atoms with Crippen molar-refractivity contribution in [3.05, 3.63) is 65.8 Å². The SMILES string of the molecule is NCCOC=CN=C1C=CC(c2c(-c3cccc(C(F)(F)F)n3)nn3c2CCC3)=CC1. The normalized spacial score (nSPS) is 17.4. The lowest BCUT2D eigenvalue weighted by Crippen LogP contribution is -2.08. The van der Waals surface area contributed by atoms with Crippen molar-refractivity contribution in [2.24, 2.45) is 10.7 Å². The average molecular weight is 429 g/mol. The first-order valence-electron chi connectivity index (χ1n) is 10.0. The van der Waals surface area contributed by atoms with Gasteiger partial charge in [0, 0.05) is 36.5 Å². The number of aryl methyl sites for hydroxylation is 1. The third-order valence-corrected chi connectivity index (χ3v) is 5.03. The van der Waals surface area contributed by atoms with Gasteiger partial charge in [-0.15, -0.1) is 0 Å². The van der Waals surface area contributed by atoms with Crippen LogP contribution in [0.1, 0.15) is 29.8 Å². The van der Waals surface area contributed by atoms with E-state index in [4.69, 9.17) is 10.5 Å². The number of nitrogens with zero attached hydrogens (tertiary/aromatic N) is 4. The molecule has 0 saturated heterocycles. The van der Waals surface area contributed by atoms with E-state index in [1.165, 1.54) is 12.3 Å². The summed E-state index contributed by atoms with van der Waals surface area (Å²) >= 11 is 0. The average Bonchev–Trinajstić information content (AvgIpc) is 3.35. The van der Waals surface area contributed by atoms with E-state index in [1.54, 1.807) is 12.3 Å². The molecule has 2 aromatic rings. The summed E-state index contributed by atoms with van der Waals surface area (Å²) in [7, 11) is 0. The van der Waals surface area contributed by atoms with Crippen LogP contribution in [0.4, 0.5) is 13.2 Å². The smallest absolute Gasteiger partial charge is 0.433 e. The lowest BCUT2D eigenvalue weighted by Gasteiger charge is -2.12. The van der Waals surface area contributed by atoms with Gasteiger partial charge in [0.1, 0.15) is 17.6 Å². The maximum Gasteiger partial charge on any atom is 0.433 e. The number of hydrogen-bond donors (Lipinski definition) is 1. The molecule has 4 rings (SSSR count). The van der Waals surface area contributed by atoms with E-state index in [9.17, 15) is 13.2 Å². The largest absolute Gasteiger partial charge is 0.498 e. The highest BCUT2D eigenvalue weighted by molar-refractivity contribution is 6.03. The number of fused-ring (bicyclic) bond motifs is 1. The summed E-state index contributed by atoms with van der Waals surface area (Å²) in [6.07, 6.45) is 6.77. The molecule has 3 heterocycles. The third-order valence-electron chi connectivity index (χ3n) is 5.03. The fraction of sp³-hybridized carbons (Fsp3) is 0.318. The monoisotopic (exact) mass is 429 g/mol. The Kier molecular flexibility index (Phi) is 6.03. The lowest BCUT2D eigenvalue weighted by molar-refractivity contribution is -0.141. The molecule has 1 aliphatic heterocycles. The fourth-order valence-electron chi connectivity index (χ4n) is 3.66. The van der Waals surface area contributed by atoms with Gasteiger partial charge in [-0.1, -0.05) is 18.2 Å². The first-order chi connectivity index (χ1) is 15.0. The molecule has 0 atom stereocenters. The Bertz CT molecular complexity index is 1080. The Labute approximate surface area is 177 Å². The Hall–Kier alpha value is -3.20. The number of alkyl halides is 3. The minimum absolute atomic E-state index is 0.223. The minimum Gasteiger partial charge on any atom is -0.498 e. The second kappa shape index (κ2) is 8.89. The standard InChI is InChI=1S/C22H22F3N5O/c23-22(24,25)19-5-1-3-17(28-19)21-20(18-4-2-12-30(18)29-21)15-6-8-16(9-7-15)27-11-14-31-13-10-26/h1,3,5-8,11,14H,2,4,9-10,12-13,26H2. The molecule has 0 fully saturated rings. The molecule has 31 heavy (non-hydrogen) atoms. The van der Waals surface area contributed by atoms with Gasteiger partial charge < -0.3 is 10.5 Å².